The molecule has 0 aliphatic carbocycles. The van der Waals surface area contributed by atoms with Crippen LogP contribution in [0.4, 0.5) is 0 Å². The summed E-state index contributed by atoms with van der Waals surface area (Å²) in [6.45, 7) is 4.36. The van der Waals surface area contributed by atoms with Gasteiger partial charge in [-0.1, -0.05) is 0 Å². The molecule has 0 N–H and O–H groups in total. The third-order valence-corrected chi connectivity index (χ3v) is 13.5. The van der Waals surface area contributed by atoms with Crippen LogP contribution in [0.5, 0.6) is 0 Å². The van der Waals surface area contributed by atoms with E-state index in [0.29, 0.717) is 0 Å². The van der Waals surface area contributed by atoms with Gasteiger partial charge in [-0.25, -0.2) is 0 Å². The molecular formula is C16H20Sn. The van der Waals surface area contributed by atoms with Gasteiger partial charge in [-0.3, -0.25) is 0 Å². The Labute approximate surface area is 109 Å². The van der Waals surface area contributed by atoms with E-state index in [1.807, 2.05) is 0 Å². The Morgan fingerprint density at radius 2 is 1.12 bits per heavy atom. The molecule has 0 heterocycles. The molecule has 0 nitrogen and oxygen atoms in total. The second-order valence-corrected chi connectivity index (χ2v) is 17.9. The zero-order chi connectivity index (χ0) is 12.5. The van der Waals surface area contributed by atoms with Crippen LogP contribution in [-0.4, -0.2) is 18.4 Å². The van der Waals surface area contributed by atoms with Crippen molar-refractivity contribution in [2.75, 3.05) is 0 Å². The minimum atomic E-state index is -2.33. The van der Waals surface area contributed by atoms with Gasteiger partial charge in [0, 0.05) is 0 Å². The molecule has 2 aromatic rings. The fraction of sp³-hybridized carbons (Fsp3) is 0.250. The Hall–Kier alpha value is -0.761. The van der Waals surface area contributed by atoms with Crippen molar-refractivity contribution in [2.24, 2.45) is 0 Å². The second-order valence-electron chi connectivity index (χ2n) is 5.36. The molecule has 17 heavy (non-hydrogen) atoms. The van der Waals surface area contributed by atoms with Crippen molar-refractivity contribution in [3.8, 4) is 0 Å². The molecule has 0 aliphatic heterocycles. The molecule has 0 saturated carbocycles. The van der Waals surface area contributed by atoms with Crippen molar-refractivity contribution in [3.63, 3.8) is 0 Å². The minimum absolute atomic E-state index is 1.37. The van der Waals surface area contributed by atoms with Crippen LogP contribution >= 0.6 is 0 Å². The quantitative estimate of drug-likeness (QED) is 0.742. The van der Waals surface area contributed by atoms with E-state index in [1.165, 1.54) is 11.1 Å². The van der Waals surface area contributed by atoms with Gasteiger partial charge < -0.3 is 0 Å². The zero-order valence-electron chi connectivity index (χ0n) is 11.1. The summed E-state index contributed by atoms with van der Waals surface area (Å²) in [7, 11) is 0. The van der Waals surface area contributed by atoms with Crippen LogP contribution in [-0.2, 0) is 0 Å². The molecule has 2 rings (SSSR count). The summed E-state index contributed by atoms with van der Waals surface area (Å²) in [5.74, 6) is 0. The fourth-order valence-corrected chi connectivity index (χ4v) is 9.47. The average molecular weight is 331 g/mol. The van der Waals surface area contributed by atoms with Crippen molar-refractivity contribution in [2.45, 2.75) is 23.7 Å². The summed E-state index contributed by atoms with van der Waals surface area (Å²) in [6, 6.07) is 18.1. The first-order chi connectivity index (χ1) is 8.00. The predicted octanol–water partition coefficient (Wildman–Crippen LogP) is 3.13. The van der Waals surface area contributed by atoms with E-state index in [4.69, 9.17) is 0 Å². The van der Waals surface area contributed by atoms with E-state index in [0.717, 1.165) is 0 Å². The van der Waals surface area contributed by atoms with Gasteiger partial charge in [0.05, 0.1) is 0 Å². The van der Waals surface area contributed by atoms with Crippen molar-refractivity contribution < 1.29 is 0 Å². The SMILES string of the molecule is Cc1ccc[c]([Sn]([CH3])([CH3])[c]2cccc(C)c2)c1. The number of hydrogen-bond donors (Lipinski definition) is 0. The Morgan fingerprint density at radius 3 is 1.47 bits per heavy atom. The Morgan fingerprint density at radius 1 is 0.706 bits per heavy atom. The molecule has 2 aromatic carbocycles. The summed E-state index contributed by atoms with van der Waals surface area (Å²) < 4.78 is 3.18. The van der Waals surface area contributed by atoms with E-state index in [1.54, 1.807) is 7.16 Å². The predicted molar refractivity (Wildman–Crippen MR) is 79.1 cm³/mol. The summed E-state index contributed by atoms with van der Waals surface area (Å²) >= 11 is -2.33. The number of hydrogen-bond acceptors (Lipinski definition) is 0. The zero-order valence-corrected chi connectivity index (χ0v) is 14.0. The van der Waals surface area contributed by atoms with Crippen LogP contribution in [0.15, 0.2) is 48.5 Å². The first-order valence-corrected chi connectivity index (χ1v) is 14.7. The van der Waals surface area contributed by atoms with E-state index >= 15 is 0 Å². The molecule has 0 atom stereocenters. The van der Waals surface area contributed by atoms with Crippen LogP contribution in [0.1, 0.15) is 11.1 Å². The molecular weight excluding hydrogens is 311 g/mol. The maximum atomic E-state index is 2.50. The first-order valence-electron chi connectivity index (χ1n) is 6.14. The monoisotopic (exact) mass is 332 g/mol. The van der Waals surface area contributed by atoms with Crippen LogP contribution in [0.3, 0.4) is 0 Å². The first kappa shape index (κ1) is 12.7. The van der Waals surface area contributed by atoms with Crippen LogP contribution < -0.4 is 7.16 Å². The number of rotatable bonds is 2. The van der Waals surface area contributed by atoms with Gasteiger partial charge in [-0.15, -0.1) is 0 Å². The third kappa shape index (κ3) is 2.74. The molecule has 0 aliphatic rings. The maximum absolute atomic E-state index is 2.50. The number of benzene rings is 2. The summed E-state index contributed by atoms with van der Waals surface area (Å²) in [5, 5.41) is 0. The standard InChI is InChI=1S/2C7H7.2CH3.Sn/c2*1-7-5-3-2-4-6-7;;;/h2*2-3,5-6H,1H3;2*1H3;. The van der Waals surface area contributed by atoms with E-state index in [2.05, 4.69) is 72.3 Å². The van der Waals surface area contributed by atoms with Crippen molar-refractivity contribution in [1.29, 1.82) is 0 Å². The molecule has 0 amide bonds. The van der Waals surface area contributed by atoms with Gasteiger partial charge in [0.2, 0.25) is 0 Å². The molecule has 0 fully saturated rings. The van der Waals surface area contributed by atoms with Crippen LogP contribution in [0, 0.1) is 13.8 Å². The van der Waals surface area contributed by atoms with Crippen molar-refractivity contribution >= 4 is 25.5 Å². The summed E-state index contributed by atoms with van der Waals surface area (Å²) in [5.41, 5.74) is 2.75. The van der Waals surface area contributed by atoms with Gasteiger partial charge in [-0.05, 0) is 0 Å². The molecule has 0 radical (unpaired) electrons. The van der Waals surface area contributed by atoms with Crippen LogP contribution in [0.2, 0.25) is 9.88 Å². The van der Waals surface area contributed by atoms with E-state index < -0.39 is 18.4 Å². The molecule has 0 unspecified atom stereocenters. The average Bonchev–Trinajstić information content (AvgIpc) is 2.29. The Balaban J connectivity index is 2.49. The van der Waals surface area contributed by atoms with E-state index in [-0.39, 0.29) is 0 Å². The summed E-state index contributed by atoms with van der Waals surface area (Å²) in [4.78, 5) is 5.00. The molecule has 0 saturated heterocycles. The third-order valence-electron chi connectivity index (χ3n) is 3.48. The van der Waals surface area contributed by atoms with Crippen molar-refractivity contribution in [3.05, 3.63) is 59.7 Å². The molecule has 0 aromatic heterocycles. The van der Waals surface area contributed by atoms with E-state index in [9.17, 15) is 0 Å². The summed E-state index contributed by atoms with van der Waals surface area (Å²) in [6.07, 6.45) is 0. The molecule has 0 spiro atoms. The van der Waals surface area contributed by atoms with Crippen LogP contribution in [0.25, 0.3) is 0 Å². The van der Waals surface area contributed by atoms with Crippen molar-refractivity contribution in [1.82, 2.24) is 0 Å². The molecule has 0 bridgehead atoms. The molecule has 88 valence electrons. The van der Waals surface area contributed by atoms with Gasteiger partial charge in [-0.2, -0.15) is 0 Å². The Kier molecular flexibility index (Phi) is 3.62. The Bertz CT molecular complexity index is 479. The molecule has 1 heteroatoms. The van der Waals surface area contributed by atoms with Gasteiger partial charge >= 0.3 is 109 Å². The topological polar surface area (TPSA) is 0 Å². The normalized spacial score (nSPS) is 11.5. The van der Waals surface area contributed by atoms with Gasteiger partial charge in [0.1, 0.15) is 0 Å². The number of aryl methyl sites for hydroxylation is 2. The fourth-order valence-electron chi connectivity index (χ4n) is 2.23. The van der Waals surface area contributed by atoms with Gasteiger partial charge in [0.15, 0.2) is 0 Å². The van der Waals surface area contributed by atoms with Gasteiger partial charge in [0.25, 0.3) is 0 Å². The second kappa shape index (κ2) is 4.85.